The Bertz CT molecular complexity index is 1090. The lowest BCUT2D eigenvalue weighted by Crippen LogP contribution is -2.38. The van der Waals surface area contributed by atoms with E-state index in [1.165, 1.54) is 0 Å². The molecular weight excluding hydrogens is 472 g/mol. The van der Waals surface area contributed by atoms with E-state index in [0.717, 1.165) is 37.4 Å². The predicted molar refractivity (Wildman–Crippen MR) is 141 cm³/mol. The number of carbonyl (C=O) groups is 2. The molecular formula is C29H36N2O6. The van der Waals surface area contributed by atoms with Crippen LogP contribution in [0.3, 0.4) is 0 Å². The van der Waals surface area contributed by atoms with Gasteiger partial charge in [0.1, 0.15) is 17.3 Å². The number of benzene rings is 2. The van der Waals surface area contributed by atoms with Crippen molar-refractivity contribution in [1.29, 1.82) is 0 Å². The number of carbonyl (C=O) groups excluding carboxylic acids is 2. The number of amides is 1. The fraction of sp³-hybridized carbons (Fsp3) is 0.448. The average Bonchev–Trinajstić information content (AvgIpc) is 3.18. The van der Waals surface area contributed by atoms with Crippen LogP contribution in [0.4, 0.5) is 0 Å². The summed E-state index contributed by atoms with van der Waals surface area (Å²) in [6.07, 6.45) is 1.61. The molecule has 0 aromatic heterocycles. The third kappa shape index (κ3) is 6.32. The van der Waals surface area contributed by atoms with Crippen molar-refractivity contribution in [1.82, 2.24) is 9.80 Å². The maximum absolute atomic E-state index is 13.3. The Morgan fingerprint density at radius 2 is 1.59 bits per heavy atom. The van der Waals surface area contributed by atoms with Crippen molar-refractivity contribution < 1.29 is 28.9 Å². The van der Waals surface area contributed by atoms with E-state index in [9.17, 15) is 14.7 Å². The average molecular weight is 509 g/mol. The van der Waals surface area contributed by atoms with Gasteiger partial charge in [0, 0.05) is 31.7 Å². The second-order valence-corrected chi connectivity index (χ2v) is 9.17. The number of likely N-dealkylation sites (tertiary alicyclic amines) is 1. The van der Waals surface area contributed by atoms with Gasteiger partial charge in [0.2, 0.25) is 0 Å². The first-order valence-corrected chi connectivity index (χ1v) is 13.1. The predicted octanol–water partition coefficient (Wildman–Crippen LogP) is 4.02. The number of ether oxygens (including phenoxy) is 3. The van der Waals surface area contributed by atoms with E-state index in [-0.39, 0.29) is 11.3 Å². The molecule has 0 radical (unpaired) electrons. The van der Waals surface area contributed by atoms with Crippen LogP contribution in [0.1, 0.15) is 43.9 Å². The van der Waals surface area contributed by atoms with Crippen molar-refractivity contribution in [2.45, 2.75) is 32.7 Å². The van der Waals surface area contributed by atoms with E-state index in [4.69, 9.17) is 14.2 Å². The Hall–Kier alpha value is -3.36. The highest BCUT2D eigenvalue weighted by molar-refractivity contribution is 6.46. The molecule has 2 aliphatic heterocycles. The third-order valence-electron chi connectivity index (χ3n) is 6.62. The zero-order chi connectivity index (χ0) is 26.2. The number of ketones is 1. The Morgan fingerprint density at radius 3 is 2.24 bits per heavy atom. The second kappa shape index (κ2) is 12.7. The number of rotatable bonds is 11. The molecule has 2 saturated heterocycles. The maximum atomic E-state index is 13.3. The van der Waals surface area contributed by atoms with Crippen molar-refractivity contribution in [2.75, 3.05) is 52.6 Å². The van der Waals surface area contributed by atoms with E-state index in [1.54, 1.807) is 29.2 Å². The molecule has 8 heteroatoms. The maximum Gasteiger partial charge on any atom is 0.295 e. The van der Waals surface area contributed by atoms with Gasteiger partial charge in [-0.05, 0) is 61.7 Å². The van der Waals surface area contributed by atoms with Crippen LogP contribution in [0.25, 0.3) is 5.76 Å². The lowest BCUT2D eigenvalue weighted by Gasteiger charge is -2.29. The van der Waals surface area contributed by atoms with Crippen molar-refractivity contribution in [3.8, 4) is 11.5 Å². The van der Waals surface area contributed by atoms with Crippen LogP contribution >= 0.6 is 0 Å². The number of aliphatic hydroxyl groups excluding tert-OH is 1. The van der Waals surface area contributed by atoms with Gasteiger partial charge >= 0.3 is 0 Å². The Kier molecular flexibility index (Phi) is 9.19. The highest BCUT2D eigenvalue weighted by Gasteiger charge is 2.45. The molecule has 198 valence electrons. The quantitative estimate of drug-likeness (QED) is 0.279. The highest BCUT2D eigenvalue weighted by Crippen LogP contribution is 2.40. The SMILES string of the molecule is CCCOc1ccc([C@@H]2/C(=C(\O)c3ccc(OCC)cc3)C(=O)C(=O)N2CCCN2CCOCC2)cc1. The minimum Gasteiger partial charge on any atom is -0.507 e. The van der Waals surface area contributed by atoms with E-state index in [0.29, 0.717) is 50.7 Å². The van der Waals surface area contributed by atoms with Gasteiger partial charge in [-0.3, -0.25) is 14.5 Å². The Morgan fingerprint density at radius 1 is 0.946 bits per heavy atom. The molecule has 1 N–H and O–H groups in total. The lowest BCUT2D eigenvalue weighted by molar-refractivity contribution is -0.140. The van der Waals surface area contributed by atoms with Crippen molar-refractivity contribution in [3.05, 3.63) is 65.2 Å². The second-order valence-electron chi connectivity index (χ2n) is 9.17. The van der Waals surface area contributed by atoms with Crippen LogP contribution in [0, 0.1) is 0 Å². The number of nitrogens with zero attached hydrogens (tertiary/aromatic N) is 2. The number of Topliss-reactive ketones (excluding diaryl/α,β-unsaturated/α-hetero) is 1. The Balaban J connectivity index is 1.64. The molecule has 2 heterocycles. The summed E-state index contributed by atoms with van der Waals surface area (Å²) in [4.78, 5) is 30.4. The smallest absolute Gasteiger partial charge is 0.295 e. The normalized spacial score (nSPS) is 19.8. The summed E-state index contributed by atoms with van der Waals surface area (Å²) in [6, 6.07) is 13.6. The molecule has 1 amide bonds. The van der Waals surface area contributed by atoms with E-state index in [1.807, 2.05) is 38.1 Å². The summed E-state index contributed by atoms with van der Waals surface area (Å²) in [5.74, 6) is -0.0589. The molecule has 0 spiro atoms. The molecule has 0 bridgehead atoms. The number of hydrogen-bond acceptors (Lipinski definition) is 7. The first kappa shape index (κ1) is 26.7. The summed E-state index contributed by atoms with van der Waals surface area (Å²) in [5, 5.41) is 11.3. The van der Waals surface area contributed by atoms with Crippen molar-refractivity contribution >= 4 is 17.4 Å². The summed E-state index contributed by atoms with van der Waals surface area (Å²) in [7, 11) is 0. The van der Waals surface area contributed by atoms with Crippen LogP contribution in [0.15, 0.2) is 54.1 Å². The molecule has 4 rings (SSSR count). The van der Waals surface area contributed by atoms with E-state index in [2.05, 4.69) is 4.90 Å². The van der Waals surface area contributed by atoms with Gasteiger partial charge in [0.05, 0.1) is 38.0 Å². The highest BCUT2D eigenvalue weighted by atomic mass is 16.5. The number of hydrogen-bond donors (Lipinski definition) is 1. The van der Waals surface area contributed by atoms with Gasteiger partial charge in [0.25, 0.3) is 11.7 Å². The lowest BCUT2D eigenvalue weighted by atomic mass is 9.95. The first-order valence-electron chi connectivity index (χ1n) is 13.1. The summed E-state index contributed by atoms with van der Waals surface area (Å²) >= 11 is 0. The summed E-state index contributed by atoms with van der Waals surface area (Å²) < 4.78 is 16.6. The van der Waals surface area contributed by atoms with Gasteiger partial charge in [-0.25, -0.2) is 0 Å². The van der Waals surface area contributed by atoms with Crippen LogP contribution in [-0.2, 0) is 14.3 Å². The largest absolute Gasteiger partial charge is 0.507 e. The molecule has 37 heavy (non-hydrogen) atoms. The van der Waals surface area contributed by atoms with Crippen LogP contribution in [-0.4, -0.2) is 79.2 Å². The fourth-order valence-corrected chi connectivity index (χ4v) is 4.74. The number of morpholine rings is 1. The molecule has 2 fully saturated rings. The molecule has 2 aromatic carbocycles. The molecule has 0 unspecified atom stereocenters. The van der Waals surface area contributed by atoms with E-state index >= 15 is 0 Å². The molecule has 2 aromatic rings. The first-order chi connectivity index (χ1) is 18.0. The molecule has 1 atom stereocenters. The van der Waals surface area contributed by atoms with Gasteiger partial charge < -0.3 is 24.2 Å². The fourth-order valence-electron chi connectivity index (χ4n) is 4.74. The zero-order valence-corrected chi connectivity index (χ0v) is 21.7. The zero-order valence-electron chi connectivity index (χ0n) is 21.7. The minimum atomic E-state index is -0.684. The minimum absolute atomic E-state index is 0.0998. The molecule has 2 aliphatic rings. The van der Waals surface area contributed by atoms with E-state index < -0.39 is 17.7 Å². The standard InChI is InChI=1S/C29H36N2O6/c1-3-18-37-24-10-6-21(7-11-24)26-25(27(32)22-8-12-23(13-9-22)36-4-2)28(33)29(34)31(26)15-5-14-30-16-19-35-20-17-30/h6-13,26,32H,3-5,14-20H2,1-2H3/b27-25+/t26-/m1/s1. The van der Waals surface area contributed by atoms with Gasteiger partial charge in [0.15, 0.2) is 0 Å². The van der Waals surface area contributed by atoms with Crippen LogP contribution < -0.4 is 9.47 Å². The summed E-state index contributed by atoms with van der Waals surface area (Å²) in [5.41, 5.74) is 1.31. The third-order valence-corrected chi connectivity index (χ3v) is 6.62. The van der Waals surface area contributed by atoms with Crippen molar-refractivity contribution in [3.63, 3.8) is 0 Å². The van der Waals surface area contributed by atoms with Gasteiger partial charge in [-0.15, -0.1) is 0 Å². The van der Waals surface area contributed by atoms with Crippen molar-refractivity contribution in [2.24, 2.45) is 0 Å². The monoisotopic (exact) mass is 508 g/mol. The molecule has 0 saturated carbocycles. The Labute approximate surface area is 218 Å². The van der Waals surface area contributed by atoms with Gasteiger partial charge in [-0.1, -0.05) is 19.1 Å². The van der Waals surface area contributed by atoms with Crippen LogP contribution in [0.2, 0.25) is 0 Å². The topological polar surface area (TPSA) is 88.5 Å². The van der Waals surface area contributed by atoms with Gasteiger partial charge in [-0.2, -0.15) is 0 Å². The van der Waals surface area contributed by atoms with Crippen LogP contribution in [0.5, 0.6) is 11.5 Å². The summed E-state index contributed by atoms with van der Waals surface area (Å²) in [6.45, 7) is 9.42. The number of aliphatic hydroxyl groups is 1. The molecule has 8 nitrogen and oxygen atoms in total. The molecule has 0 aliphatic carbocycles.